The average Bonchev–Trinajstić information content (AvgIpc) is 2.75. The third-order valence-electron chi connectivity index (χ3n) is 4.49. The summed E-state index contributed by atoms with van der Waals surface area (Å²) in [6, 6.07) is 15.4. The summed E-state index contributed by atoms with van der Waals surface area (Å²) in [5.74, 6) is 0.492. The Balaban J connectivity index is 1.63. The lowest BCUT2D eigenvalue weighted by molar-refractivity contribution is 0.0951. The van der Waals surface area contributed by atoms with Crippen molar-refractivity contribution >= 4 is 23.1 Å². The van der Waals surface area contributed by atoms with Crippen molar-refractivity contribution in [1.29, 1.82) is 0 Å². The second-order valence-corrected chi connectivity index (χ2v) is 6.31. The predicted octanol–water partition coefficient (Wildman–Crippen LogP) is 4.00. The van der Waals surface area contributed by atoms with Gasteiger partial charge in [0, 0.05) is 55.2 Å². The third-order valence-corrected chi connectivity index (χ3v) is 4.49. The quantitative estimate of drug-likeness (QED) is 0.623. The van der Waals surface area contributed by atoms with Crippen LogP contribution in [0.25, 0.3) is 0 Å². The van der Waals surface area contributed by atoms with Gasteiger partial charge in [-0.25, -0.2) is 4.98 Å². The van der Waals surface area contributed by atoms with Crippen LogP contribution in [0.5, 0.6) is 0 Å². The van der Waals surface area contributed by atoms with E-state index in [1.54, 1.807) is 30.7 Å². The van der Waals surface area contributed by atoms with E-state index in [-0.39, 0.29) is 5.91 Å². The number of pyridine rings is 2. The molecular weight excluding hydrogens is 350 g/mol. The van der Waals surface area contributed by atoms with Gasteiger partial charge in [0.05, 0.1) is 0 Å². The highest BCUT2D eigenvalue weighted by Gasteiger charge is 2.08. The van der Waals surface area contributed by atoms with Gasteiger partial charge in [-0.15, -0.1) is 0 Å². The molecule has 2 aromatic heterocycles. The van der Waals surface area contributed by atoms with Crippen molar-refractivity contribution in [2.75, 3.05) is 23.3 Å². The summed E-state index contributed by atoms with van der Waals surface area (Å²) in [5.41, 5.74) is 3.68. The van der Waals surface area contributed by atoms with Gasteiger partial charge in [-0.1, -0.05) is 0 Å². The van der Waals surface area contributed by atoms with Crippen LogP contribution in [0, 0.1) is 0 Å². The molecular formula is C22H25N5O. The first-order valence-electron chi connectivity index (χ1n) is 9.44. The van der Waals surface area contributed by atoms with Crippen LogP contribution in [0.3, 0.4) is 0 Å². The zero-order valence-corrected chi connectivity index (χ0v) is 16.2. The van der Waals surface area contributed by atoms with E-state index in [0.29, 0.717) is 17.9 Å². The summed E-state index contributed by atoms with van der Waals surface area (Å²) in [6.07, 6.45) is 5.05. The fourth-order valence-corrected chi connectivity index (χ4v) is 2.92. The minimum Gasteiger partial charge on any atom is -0.372 e. The fourth-order valence-electron chi connectivity index (χ4n) is 2.92. The second-order valence-electron chi connectivity index (χ2n) is 6.31. The molecule has 0 aliphatic rings. The number of anilines is 3. The van der Waals surface area contributed by atoms with Gasteiger partial charge in [0.25, 0.3) is 5.91 Å². The molecule has 2 N–H and O–H groups in total. The van der Waals surface area contributed by atoms with Crippen LogP contribution in [0.15, 0.2) is 67.1 Å². The number of amides is 1. The molecule has 0 radical (unpaired) electrons. The average molecular weight is 375 g/mol. The monoisotopic (exact) mass is 375 g/mol. The molecule has 2 heterocycles. The Morgan fingerprint density at radius 3 is 2.36 bits per heavy atom. The summed E-state index contributed by atoms with van der Waals surface area (Å²) in [5, 5.41) is 6.17. The molecule has 3 rings (SSSR count). The summed E-state index contributed by atoms with van der Waals surface area (Å²) in [6.45, 7) is 6.69. The summed E-state index contributed by atoms with van der Waals surface area (Å²) in [4.78, 5) is 23.0. The molecule has 144 valence electrons. The molecule has 0 atom stereocenters. The van der Waals surface area contributed by atoms with Crippen molar-refractivity contribution in [2.45, 2.75) is 20.4 Å². The van der Waals surface area contributed by atoms with Gasteiger partial charge in [0.15, 0.2) is 0 Å². The minimum absolute atomic E-state index is 0.140. The first-order chi connectivity index (χ1) is 13.7. The Labute approximate surface area is 165 Å². The number of carbonyl (C=O) groups excluding carboxylic acids is 1. The minimum atomic E-state index is -0.140. The van der Waals surface area contributed by atoms with E-state index in [2.05, 4.69) is 51.5 Å². The zero-order valence-electron chi connectivity index (χ0n) is 16.2. The highest BCUT2D eigenvalue weighted by molar-refractivity contribution is 5.94. The van der Waals surface area contributed by atoms with Crippen molar-refractivity contribution in [2.24, 2.45) is 0 Å². The summed E-state index contributed by atoms with van der Waals surface area (Å²) < 4.78 is 0. The lowest BCUT2D eigenvalue weighted by atomic mass is 10.2. The number of aromatic nitrogens is 2. The molecule has 0 bridgehead atoms. The van der Waals surface area contributed by atoms with E-state index in [0.717, 1.165) is 24.3 Å². The molecule has 0 saturated heterocycles. The van der Waals surface area contributed by atoms with Gasteiger partial charge >= 0.3 is 0 Å². The van der Waals surface area contributed by atoms with Gasteiger partial charge < -0.3 is 15.5 Å². The lowest BCUT2D eigenvalue weighted by Gasteiger charge is -2.21. The molecule has 1 amide bonds. The van der Waals surface area contributed by atoms with Crippen LogP contribution < -0.4 is 15.5 Å². The van der Waals surface area contributed by atoms with E-state index >= 15 is 0 Å². The molecule has 0 unspecified atom stereocenters. The number of hydrogen-bond acceptors (Lipinski definition) is 5. The van der Waals surface area contributed by atoms with E-state index in [9.17, 15) is 4.79 Å². The molecule has 0 aliphatic carbocycles. The molecule has 0 spiro atoms. The maximum absolute atomic E-state index is 12.4. The Kier molecular flexibility index (Phi) is 6.57. The van der Waals surface area contributed by atoms with Crippen LogP contribution in [0.4, 0.5) is 17.2 Å². The standard InChI is InChI=1S/C22H25N5O/c1-3-27(4-2)20-7-5-19(6-8-20)26-21-15-18(11-14-24-21)22(28)25-16-17-9-12-23-13-10-17/h5-15H,3-4,16H2,1-2H3,(H,24,26)(H,25,28). The van der Waals surface area contributed by atoms with Crippen molar-refractivity contribution < 1.29 is 4.79 Å². The van der Waals surface area contributed by atoms with Crippen molar-refractivity contribution in [3.8, 4) is 0 Å². The summed E-state index contributed by atoms with van der Waals surface area (Å²) in [7, 11) is 0. The number of hydrogen-bond donors (Lipinski definition) is 2. The number of rotatable bonds is 8. The number of nitrogens with zero attached hydrogens (tertiary/aromatic N) is 3. The Morgan fingerprint density at radius 1 is 0.964 bits per heavy atom. The molecule has 1 aromatic carbocycles. The molecule has 3 aromatic rings. The van der Waals surface area contributed by atoms with Crippen LogP contribution >= 0.6 is 0 Å². The van der Waals surface area contributed by atoms with E-state index in [4.69, 9.17) is 0 Å². The normalized spacial score (nSPS) is 10.4. The van der Waals surface area contributed by atoms with E-state index in [1.165, 1.54) is 5.69 Å². The topological polar surface area (TPSA) is 70.2 Å². The highest BCUT2D eigenvalue weighted by Crippen LogP contribution is 2.20. The van der Waals surface area contributed by atoms with E-state index in [1.807, 2.05) is 24.3 Å². The SMILES string of the molecule is CCN(CC)c1ccc(Nc2cc(C(=O)NCc3ccncc3)ccn2)cc1. The Morgan fingerprint density at radius 2 is 1.68 bits per heavy atom. The Hall–Kier alpha value is -3.41. The maximum Gasteiger partial charge on any atom is 0.251 e. The molecule has 6 heteroatoms. The van der Waals surface area contributed by atoms with E-state index < -0.39 is 0 Å². The molecule has 0 saturated carbocycles. The van der Waals surface area contributed by atoms with Gasteiger partial charge in [-0.2, -0.15) is 0 Å². The number of carbonyl (C=O) groups is 1. The maximum atomic E-state index is 12.4. The smallest absolute Gasteiger partial charge is 0.251 e. The van der Waals surface area contributed by atoms with Crippen molar-refractivity contribution in [3.05, 3.63) is 78.2 Å². The largest absolute Gasteiger partial charge is 0.372 e. The van der Waals surface area contributed by atoms with Crippen molar-refractivity contribution in [3.63, 3.8) is 0 Å². The van der Waals surface area contributed by atoms with Crippen LogP contribution in [0.1, 0.15) is 29.8 Å². The van der Waals surface area contributed by atoms with Crippen LogP contribution in [0.2, 0.25) is 0 Å². The van der Waals surface area contributed by atoms with Gasteiger partial charge in [-0.05, 0) is 67.9 Å². The van der Waals surface area contributed by atoms with Crippen LogP contribution in [-0.4, -0.2) is 29.0 Å². The number of benzene rings is 1. The third kappa shape index (κ3) is 5.07. The van der Waals surface area contributed by atoms with Gasteiger partial charge in [-0.3, -0.25) is 9.78 Å². The molecule has 28 heavy (non-hydrogen) atoms. The first kappa shape index (κ1) is 19.4. The molecule has 6 nitrogen and oxygen atoms in total. The fraction of sp³-hybridized carbons (Fsp3) is 0.227. The van der Waals surface area contributed by atoms with Gasteiger partial charge in [0.2, 0.25) is 0 Å². The van der Waals surface area contributed by atoms with Gasteiger partial charge in [0.1, 0.15) is 5.82 Å². The summed E-state index contributed by atoms with van der Waals surface area (Å²) >= 11 is 0. The number of nitrogens with one attached hydrogen (secondary N) is 2. The first-order valence-corrected chi connectivity index (χ1v) is 9.44. The van der Waals surface area contributed by atoms with Crippen LogP contribution in [-0.2, 0) is 6.54 Å². The van der Waals surface area contributed by atoms with Crippen molar-refractivity contribution in [1.82, 2.24) is 15.3 Å². The zero-order chi connectivity index (χ0) is 19.8. The Bertz CT molecular complexity index is 892. The highest BCUT2D eigenvalue weighted by atomic mass is 16.1. The molecule has 0 fully saturated rings. The second kappa shape index (κ2) is 9.50. The predicted molar refractivity (Wildman–Crippen MR) is 113 cm³/mol. The molecule has 0 aliphatic heterocycles. The lowest BCUT2D eigenvalue weighted by Crippen LogP contribution is -2.22.